The average Bonchev–Trinajstić information content (AvgIpc) is 2.17. The second-order valence-corrected chi connectivity index (χ2v) is 2.69. The van der Waals surface area contributed by atoms with Gasteiger partial charge in [0.1, 0.15) is 0 Å². The van der Waals surface area contributed by atoms with E-state index in [0.29, 0.717) is 5.52 Å². The van der Waals surface area contributed by atoms with Crippen LogP contribution in [0.4, 0.5) is 0 Å². The summed E-state index contributed by atoms with van der Waals surface area (Å²) in [5.74, 6) is -0.940. The Kier molecular flexibility index (Phi) is 3.24. The Morgan fingerprint density at radius 2 is 1.93 bits per heavy atom. The first kappa shape index (κ1) is 10.7. The van der Waals surface area contributed by atoms with Crippen LogP contribution < -0.4 is 0 Å². The second-order valence-electron chi connectivity index (χ2n) is 2.69. The summed E-state index contributed by atoms with van der Waals surface area (Å²) in [4.78, 5) is 14.8. The Morgan fingerprint density at radius 3 is 2.64 bits per heavy atom. The molecule has 0 unspecified atom stereocenters. The van der Waals surface area contributed by atoms with E-state index in [0.717, 1.165) is 5.39 Å². The molecule has 1 N–H and O–H groups in total. The molecule has 14 heavy (non-hydrogen) atoms. The van der Waals surface area contributed by atoms with Crippen LogP contribution in [0.2, 0.25) is 0 Å². The first-order valence-electron chi connectivity index (χ1n) is 3.86. The molecule has 1 aromatic heterocycles. The molecule has 0 radical (unpaired) electrons. The molecule has 0 saturated heterocycles. The van der Waals surface area contributed by atoms with Crippen LogP contribution in [0, 0.1) is 0 Å². The molecule has 0 aliphatic carbocycles. The SMILES string of the molecule is O=C(O)c1cccc2cccnc12.[AlH3]. The van der Waals surface area contributed by atoms with Gasteiger partial charge in [-0.05, 0) is 12.1 Å². The third-order valence-corrected chi connectivity index (χ3v) is 1.86. The number of benzene rings is 1. The fourth-order valence-corrected chi connectivity index (χ4v) is 1.28. The van der Waals surface area contributed by atoms with E-state index in [9.17, 15) is 4.79 Å². The number of pyridine rings is 1. The van der Waals surface area contributed by atoms with Crippen LogP contribution in [0.5, 0.6) is 0 Å². The number of hydrogen-bond acceptors (Lipinski definition) is 2. The molecule has 0 aliphatic heterocycles. The maximum atomic E-state index is 10.8. The smallest absolute Gasteiger partial charge is 0.337 e. The summed E-state index contributed by atoms with van der Waals surface area (Å²) < 4.78 is 0. The van der Waals surface area contributed by atoms with Crippen LogP contribution in [-0.2, 0) is 0 Å². The fourth-order valence-electron chi connectivity index (χ4n) is 1.28. The van der Waals surface area contributed by atoms with Gasteiger partial charge < -0.3 is 5.11 Å². The number of carboxylic acids is 1. The van der Waals surface area contributed by atoms with Gasteiger partial charge in [-0.15, -0.1) is 0 Å². The molecule has 3 nitrogen and oxygen atoms in total. The monoisotopic (exact) mass is 203 g/mol. The lowest BCUT2D eigenvalue weighted by Crippen LogP contribution is -1.97. The Labute approximate surface area is 91.5 Å². The molecule has 0 aliphatic rings. The van der Waals surface area contributed by atoms with Crippen LogP contribution >= 0.6 is 0 Å². The molecule has 0 atom stereocenters. The van der Waals surface area contributed by atoms with E-state index in [4.69, 9.17) is 5.11 Å². The number of fused-ring (bicyclic) bond motifs is 1. The number of nitrogens with zero attached hydrogens (tertiary/aromatic N) is 1. The molecule has 0 saturated carbocycles. The van der Waals surface area contributed by atoms with E-state index in [2.05, 4.69) is 4.98 Å². The van der Waals surface area contributed by atoms with Crippen molar-refractivity contribution in [3.05, 3.63) is 42.1 Å². The molecular weight excluding hydrogens is 193 g/mol. The van der Waals surface area contributed by atoms with Crippen molar-refractivity contribution in [2.75, 3.05) is 0 Å². The lowest BCUT2D eigenvalue weighted by atomic mass is 10.1. The summed E-state index contributed by atoms with van der Waals surface area (Å²) in [7, 11) is 0. The van der Waals surface area contributed by atoms with Crippen LogP contribution in [0.3, 0.4) is 0 Å². The van der Waals surface area contributed by atoms with E-state index in [1.165, 1.54) is 0 Å². The third-order valence-electron chi connectivity index (χ3n) is 1.86. The van der Waals surface area contributed by atoms with Gasteiger partial charge in [0.25, 0.3) is 0 Å². The quantitative estimate of drug-likeness (QED) is 0.696. The van der Waals surface area contributed by atoms with Gasteiger partial charge in [0.2, 0.25) is 0 Å². The van der Waals surface area contributed by atoms with E-state index >= 15 is 0 Å². The highest BCUT2D eigenvalue weighted by molar-refractivity contribution is 6.01. The number of aromatic nitrogens is 1. The molecule has 0 spiro atoms. The van der Waals surface area contributed by atoms with Crippen LogP contribution in [-0.4, -0.2) is 33.4 Å². The van der Waals surface area contributed by atoms with Gasteiger partial charge in [0, 0.05) is 11.6 Å². The number of carbonyl (C=O) groups is 1. The van der Waals surface area contributed by atoms with E-state index in [1.54, 1.807) is 24.4 Å². The number of para-hydroxylation sites is 1. The zero-order chi connectivity index (χ0) is 9.26. The highest BCUT2D eigenvalue weighted by atomic mass is 27.0. The lowest BCUT2D eigenvalue weighted by Gasteiger charge is -1.99. The van der Waals surface area contributed by atoms with Gasteiger partial charge in [-0.3, -0.25) is 4.98 Å². The predicted octanol–water partition coefficient (Wildman–Crippen LogP) is 0.749. The zero-order valence-corrected chi connectivity index (χ0v) is 6.77. The summed E-state index contributed by atoms with van der Waals surface area (Å²) in [6.45, 7) is 0. The van der Waals surface area contributed by atoms with Crippen molar-refractivity contribution in [3.8, 4) is 0 Å². The molecule has 1 heterocycles. The van der Waals surface area contributed by atoms with E-state index in [1.807, 2.05) is 12.1 Å². The Bertz CT molecular complexity index is 465. The number of rotatable bonds is 1. The van der Waals surface area contributed by atoms with Crippen molar-refractivity contribution in [2.24, 2.45) is 0 Å². The highest BCUT2D eigenvalue weighted by Crippen LogP contribution is 2.15. The van der Waals surface area contributed by atoms with Gasteiger partial charge >= 0.3 is 5.97 Å². The molecule has 2 aromatic rings. The molecule has 0 bridgehead atoms. The minimum absolute atomic E-state index is 0. The van der Waals surface area contributed by atoms with Crippen LogP contribution in [0.15, 0.2) is 36.5 Å². The van der Waals surface area contributed by atoms with Gasteiger partial charge in [0.15, 0.2) is 17.4 Å². The van der Waals surface area contributed by atoms with Gasteiger partial charge in [-0.25, -0.2) is 4.79 Å². The molecule has 0 amide bonds. The zero-order valence-electron chi connectivity index (χ0n) is 6.77. The first-order valence-corrected chi connectivity index (χ1v) is 3.86. The second kappa shape index (κ2) is 4.23. The third kappa shape index (κ3) is 1.77. The summed E-state index contributed by atoms with van der Waals surface area (Å²) in [6.07, 6.45) is 1.59. The molecule has 4 heteroatoms. The first-order chi connectivity index (χ1) is 6.29. The fraction of sp³-hybridized carbons (Fsp3) is 0. The molecule has 70 valence electrons. The number of hydrogen-bond donors (Lipinski definition) is 1. The minimum atomic E-state index is -0.940. The Morgan fingerprint density at radius 1 is 1.21 bits per heavy atom. The van der Waals surface area contributed by atoms with Gasteiger partial charge in [0.05, 0.1) is 11.1 Å². The predicted molar refractivity (Wildman–Crippen MR) is 58.6 cm³/mol. The Balaban J connectivity index is 0.000000980. The van der Waals surface area contributed by atoms with Crippen molar-refractivity contribution < 1.29 is 9.90 Å². The summed E-state index contributed by atoms with van der Waals surface area (Å²) >= 11 is 0. The molecule has 1 aromatic carbocycles. The van der Waals surface area contributed by atoms with Crippen molar-refractivity contribution in [1.82, 2.24) is 4.98 Å². The van der Waals surface area contributed by atoms with Gasteiger partial charge in [-0.1, -0.05) is 18.2 Å². The topological polar surface area (TPSA) is 50.2 Å². The maximum absolute atomic E-state index is 10.8. The van der Waals surface area contributed by atoms with E-state index < -0.39 is 5.97 Å². The standard InChI is InChI=1S/C10H7NO2.Al.3H/c12-10(13)8-5-1-3-7-4-2-6-11-9(7)8;;;;/h1-6H,(H,12,13);;;;. The normalized spacial score (nSPS) is 9.43. The van der Waals surface area contributed by atoms with Gasteiger partial charge in [-0.2, -0.15) is 0 Å². The highest BCUT2D eigenvalue weighted by Gasteiger charge is 2.07. The van der Waals surface area contributed by atoms with E-state index in [-0.39, 0.29) is 22.9 Å². The Hall–Kier alpha value is -1.37. The van der Waals surface area contributed by atoms with Crippen LogP contribution in [0.25, 0.3) is 10.9 Å². The summed E-state index contributed by atoms with van der Waals surface area (Å²) in [6, 6.07) is 8.74. The van der Waals surface area contributed by atoms with Crippen molar-refractivity contribution in [3.63, 3.8) is 0 Å². The van der Waals surface area contributed by atoms with Crippen molar-refractivity contribution in [2.45, 2.75) is 0 Å². The largest absolute Gasteiger partial charge is 0.478 e. The summed E-state index contributed by atoms with van der Waals surface area (Å²) in [5, 5.41) is 9.69. The van der Waals surface area contributed by atoms with Crippen molar-refractivity contribution >= 4 is 34.2 Å². The average molecular weight is 203 g/mol. The lowest BCUT2D eigenvalue weighted by molar-refractivity contribution is 0.0699. The maximum Gasteiger partial charge on any atom is 0.337 e. The molecule has 0 fully saturated rings. The summed E-state index contributed by atoms with van der Waals surface area (Å²) in [5.41, 5.74) is 0.788. The number of carboxylic acid groups (broad SMARTS) is 1. The van der Waals surface area contributed by atoms with Crippen LogP contribution in [0.1, 0.15) is 10.4 Å². The number of aromatic carboxylic acids is 1. The molecular formula is C10H10AlNO2. The minimum Gasteiger partial charge on any atom is -0.478 e. The molecule has 2 rings (SSSR count). The van der Waals surface area contributed by atoms with Crippen molar-refractivity contribution in [1.29, 1.82) is 0 Å².